The van der Waals surface area contributed by atoms with Crippen molar-refractivity contribution in [2.24, 2.45) is 0 Å². The summed E-state index contributed by atoms with van der Waals surface area (Å²) >= 11 is 13.9. The Balaban J connectivity index is 2.08. The molecule has 0 unspecified atom stereocenters. The molecule has 0 nitrogen and oxygen atoms in total. The number of rotatable bonds is 2. The van der Waals surface area contributed by atoms with Gasteiger partial charge in [0.25, 0.3) is 6.69 Å². The van der Waals surface area contributed by atoms with Gasteiger partial charge >= 0.3 is 0 Å². The van der Waals surface area contributed by atoms with Crippen molar-refractivity contribution in [3.63, 3.8) is 0 Å². The van der Waals surface area contributed by atoms with Crippen LogP contribution < -0.4 is 0 Å². The molecule has 2 fully saturated rings. The largest absolute Gasteiger partial charge is 0.260 e. The quantitative estimate of drug-likeness (QED) is 0.432. The van der Waals surface area contributed by atoms with E-state index in [1.807, 2.05) is 0 Å². The molecule has 0 atom stereocenters. The normalized spacial score (nSPS) is 27.9. The van der Waals surface area contributed by atoms with Gasteiger partial charge in [-0.1, -0.05) is 58.3 Å². The van der Waals surface area contributed by atoms with Crippen LogP contribution in [0.4, 0.5) is 0 Å². The van der Waals surface area contributed by atoms with E-state index in [4.69, 9.17) is 22.2 Å². The average molecular weight is 279 g/mol. The lowest BCUT2D eigenvalue weighted by Crippen LogP contribution is -2.42. The fourth-order valence-corrected chi connectivity index (χ4v) is 9.21. The standard InChI is InChI=1S/C13H24Cl2Si/c1-13(10-6-3-7-11-13)16(14,15)12-8-4-2-5-9-12/h12H,2-11H2,1H3. The summed E-state index contributed by atoms with van der Waals surface area (Å²) in [4.78, 5) is 0. The average Bonchev–Trinajstić information content (AvgIpc) is 2.31. The molecular weight excluding hydrogens is 255 g/mol. The molecule has 0 amide bonds. The fourth-order valence-electron chi connectivity index (χ4n) is 3.62. The fraction of sp³-hybridized carbons (Fsp3) is 1.00. The lowest BCUT2D eigenvalue weighted by atomic mass is 9.90. The number of hydrogen-bond acceptors (Lipinski definition) is 0. The van der Waals surface area contributed by atoms with Gasteiger partial charge in [0.15, 0.2) is 0 Å². The Labute approximate surface area is 111 Å². The summed E-state index contributed by atoms with van der Waals surface area (Å²) in [6.45, 7) is 0.301. The molecule has 0 spiro atoms. The van der Waals surface area contributed by atoms with Gasteiger partial charge in [-0.2, -0.15) is 0 Å². The second kappa shape index (κ2) is 5.20. The second-order valence-corrected chi connectivity index (χ2v) is 13.5. The van der Waals surface area contributed by atoms with Gasteiger partial charge in [-0.3, -0.25) is 0 Å². The molecule has 0 radical (unpaired) electrons. The van der Waals surface area contributed by atoms with Crippen molar-refractivity contribution >= 4 is 28.9 Å². The first kappa shape index (κ1) is 13.2. The molecule has 0 N–H and O–H groups in total. The van der Waals surface area contributed by atoms with Crippen LogP contribution in [-0.4, -0.2) is 6.69 Å². The van der Waals surface area contributed by atoms with Crippen LogP contribution in [0, 0.1) is 0 Å². The summed E-state index contributed by atoms with van der Waals surface area (Å²) in [6, 6.07) is 0. The Hall–Kier alpha value is 0.797. The molecule has 16 heavy (non-hydrogen) atoms. The van der Waals surface area contributed by atoms with Crippen molar-refractivity contribution in [2.45, 2.75) is 81.7 Å². The zero-order valence-electron chi connectivity index (χ0n) is 10.4. The molecule has 0 aromatic carbocycles. The molecule has 3 heteroatoms. The smallest absolute Gasteiger partial charge is 0.145 e. The van der Waals surface area contributed by atoms with E-state index in [0.717, 1.165) is 0 Å². The third-order valence-electron chi connectivity index (χ3n) is 4.88. The highest BCUT2D eigenvalue weighted by Gasteiger charge is 2.53. The van der Waals surface area contributed by atoms with E-state index in [2.05, 4.69) is 6.92 Å². The zero-order valence-corrected chi connectivity index (χ0v) is 12.9. The number of halogens is 2. The van der Waals surface area contributed by atoms with Crippen LogP contribution in [0.2, 0.25) is 10.6 Å². The third-order valence-corrected chi connectivity index (χ3v) is 13.2. The summed E-state index contributed by atoms with van der Waals surface area (Å²) in [5.41, 5.74) is 0.674. The van der Waals surface area contributed by atoms with E-state index in [1.165, 1.54) is 64.2 Å². The van der Waals surface area contributed by atoms with E-state index in [9.17, 15) is 0 Å². The van der Waals surface area contributed by atoms with Crippen LogP contribution >= 0.6 is 22.2 Å². The van der Waals surface area contributed by atoms with Crippen LogP contribution in [0.25, 0.3) is 0 Å². The summed E-state index contributed by atoms with van der Waals surface area (Å²) in [6.07, 6.45) is 13.3. The van der Waals surface area contributed by atoms with Gasteiger partial charge in [0.05, 0.1) is 0 Å². The van der Waals surface area contributed by atoms with Crippen LogP contribution in [0.1, 0.15) is 71.1 Å². The van der Waals surface area contributed by atoms with Gasteiger partial charge < -0.3 is 0 Å². The molecule has 0 bridgehead atoms. The van der Waals surface area contributed by atoms with E-state index in [1.54, 1.807) is 0 Å². The number of hydrogen-bond donors (Lipinski definition) is 0. The summed E-state index contributed by atoms with van der Waals surface area (Å²) < 4.78 is 0. The maximum absolute atomic E-state index is 6.94. The molecular formula is C13H24Cl2Si. The molecule has 0 heterocycles. The molecule has 2 aliphatic carbocycles. The zero-order chi connectivity index (χ0) is 11.6. The highest BCUT2D eigenvalue weighted by atomic mass is 35.7. The summed E-state index contributed by atoms with van der Waals surface area (Å²) in [7, 11) is 0. The lowest BCUT2D eigenvalue weighted by molar-refractivity contribution is 0.382. The van der Waals surface area contributed by atoms with Gasteiger partial charge in [-0.15, -0.1) is 22.2 Å². The van der Waals surface area contributed by atoms with Crippen molar-refractivity contribution < 1.29 is 0 Å². The first-order valence-corrected chi connectivity index (χ1v) is 11.0. The molecule has 0 aliphatic heterocycles. The molecule has 2 aliphatic rings. The van der Waals surface area contributed by atoms with Crippen LogP contribution in [0.5, 0.6) is 0 Å². The summed E-state index contributed by atoms with van der Waals surface area (Å²) in [5.74, 6) is 0. The van der Waals surface area contributed by atoms with Gasteiger partial charge in [-0.25, -0.2) is 0 Å². The minimum atomic E-state index is -2.08. The van der Waals surface area contributed by atoms with Gasteiger partial charge in [-0.05, 0) is 23.4 Å². The van der Waals surface area contributed by atoms with Gasteiger partial charge in [0, 0.05) is 0 Å². The predicted molar refractivity (Wildman–Crippen MR) is 75.7 cm³/mol. The molecule has 94 valence electrons. The summed E-state index contributed by atoms with van der Waals surface area (Å²) in [5, 5.41) is 0.302. The first-order valence-electron chi connectivity index (χ1n) is 6.94. The molecule has 2 saturated carbocycles. The monoisotopic (exact) mass is 278 g/mol. The Kier molecular flexibility index (Phi) is 4.30. The van der Waals surface area contributed by atoms with E-state index >= 15 is 0 Å². The van der Waals surface area contributed by atoms with Crippen LogP contribution in [0.15, 0.2) is 0 Å². The van der Waals surface area contributed by atoms with Gasteiger partial charge in [0.1, 0.15) is 0 Å². The van der Waals surface area contributed by atoms with Crippen molar-refractivity contribution in [3.8, 4) is 0 Å². The Morgan fingerprint density at radius 1 is 0.875 bits per heavy atom. The Morgan fingerprint density at radius 2 is 1.38 bits per heavy atom. The molecule has 0 aromatic heterocycles. The van der Waals surface area contributed by atoms with Crippen LogP contribution in [0.3, 0.4) is 0 Å². The van der Waals surface area contributed by atoms with Crippen molar-refractivity contribution in [1.82, 2.24) is 0 Å². The van der Waals surface area contributed by atoms with Crippen molar-refractivity contribution in [1.29, 1.82) is 0 Å². The predicted octanol–water partition coefficient (Wildman–Crippen LogP) is 5.96. The third kappa shape index (κ3) is 2.47. The Morgan fingerprint density at radius 3 is 1.94 bits per heavy atom. The maximum atomic E-state index is 6.94. The van der Waals surface area contributed by atoms with Crippen LogP contribution in [-0.2, 0) is 0 Å². The first-order chi connectivity index (χ1) is 7.56. The highest BCUT2D eigenvalue weighted by molar-refractivity contribution is 7.47. The van der Waals surface area contributed by atoms with E-state index in [0.29, 0.717) is 10.6 Å². The molecule has 0 saturated heterocycles. The SMILES string of the molecule is CC1([Si](Cl)(Cl)C2CCCCC2)CCCCC1. The molecule has 2 rings (SSSR count). The van der Waals surface area contributed by atoms with Gasteiger partial charge in [0.2, 0.25) is 0 Å². The maximum Gasteiger partial charge on any atom is 0.260 e. The molecule has 0 aromatic rings. The minimum Gasteiger partial charge on any atom is -0.145 e. The van der Waals surface area contributed by atoms with Crippen molar-refractivity contribution in [2.75, 3.05) is 0 Å². The lowest BCUT2D eigenvalue weighted by Gasteiger charge is -2.46. The van der Waals surface area contributed by atoms with E-state index < -0.39 is 6.69 Å². The minimum absolute atomic E-state index is 0.302. The topological polar surface area (TPSA) is 0 Å². The van der Waals surface area contributed by atoms with E-state index in [-0.39, 0.29) is 0 Å². The Bertz CT molecular complexity index is 228. The second-order valence-electron chi connectivity index (χ2n) is 6.08. The van der Waals surface area contributed by atoms with Crippen molar-refractivity contribution in [3.05, 3.63) is 0 Å². The highest BCUT2D eigenvalue weighted by Crippen LogP contribution is 2.60.